The normalized spacial score (nSPS) is 27.3. The Bertz CT molecular complexity index is 347. The fourth-order valence-electron chi connectivity index (χ4n) is 2.39. The van der Waals surface area contributed by atoms with E-state index in [0.29, 0.717) is 6.42 Å². The third-order valence-electron chi connectivity index (χ3n) is 3.78. The number of carbonyl (C=O) groups is 1. The van der Waals surface area contributed by atoms with Gasteiger partial charge >= 0.3 is 5.97 Å². The van der Waals surface area contributed by atoms with Gasteiger partial charge in [-0.05, 0) is 32.1 Å². The molecule has 6 heteroatoms. The molecule has 0 radical (unpaired) electrons. The number of nitrogens with two attached hydrogens (primary N) is 1. The van der Waals surface area contributed by atoms with Gasteiger partial charge in [-0.1, -0.05) is 26.2 Å². The molecule has 0 fully saturated rings. The highest BCUT2D eigenvalue weighted by Gasteiger charge is 2.16. The molecule has 0 aromatic carbocycles. The molecule has 1 aliphatic heterocycles. The maximum Gasteiger partial charge on any atom is 0.325 e. The van der Waals surface area contributed by atoms with Crippen LogP contribution in [-0.4, -0.2) is 47.9 Å². The number of esters is 1. The Morgan fingerprint density at radius 1 is 1.29 bits per heavy atom. The second-order valence-electron chi connectivity index (χ2n) is 5.69. The van der Waals surface area contributed by atoms with E-state index in [2.05, 4.69) is 4.99 Å². The number of cyclic esters (lactones) is 1. The summed E-state index contributed by atoms with van der Waals surface area (Å²) in [7, 11) is 1.67. The van der Waals surface area contributed by atoms with Crippen molar-refractivity contribution in [2.45, 2.75) is 70.6 Å². The molecule has 0 aromatic heterocycles. The highest BCUT2D eigenvalue weighted by atomic mass is 16.5. The lowest BCUT2D eigenvalue weighted by Gasteiger charge is -2.21. The van der Waals surface area contributed by atoms with E-state index in [1.807, 2.05) is 6.92 Å². The molecule has 1 rings (SSSR count). The van der Waals surface area contributed by atoms with Gasteiger partial charge in [-0.15, -0.1) is 0 Å². The highest BCUT2D eigenvalue weighted by Crippen LogP contribution is 2.14. The Morgan fingerprint density at radius 2 is 1.90 bits per heavy atom. The first-order chi connectivity index (χ1) is 10.0. The lowest BCUT2D eigenvalue weighted by atomic mass is 10.1. The summed E-state index contributed by atoms with van der Waals surface area (Å²) < 4.78 is 5.47. The number of hydrogen-bond acceptors (Lipinski definition) is 6. The Labute approximate surface area is 127 Å². The first kappa shape index (κ1) is 17.8. The van der Waals surface area contributed by atoms with Crippen molar-refractivity contribution >= 4 is 11.9 Å². The fourth-order valence-corrected chi connectivity index (χ4v) is 2.39. The second-order valence-corrected chi connectivity index (χ2v) is 5.69. The first-order valence-electron chi connectivity index (χ1n) is 7.95. The zero-order valence-corrected chi connectivity index (χ0v) is 13.3. The number of rotatable bonds is 1. The molecule has 0 aromatic rings. The van der Waals surface area contributed by atoms with E-state index in [-0.39, 0.29) is 24.6 Å². The summed E-state index contributed by atoms with van der Waals surface area (Å²) in [5.41, 5.74) is 5.79. The Balaban J connectivity index is 2.66. The number of aliphatic hydroxyl groups excluding tert-OH is 1. The van der Waals surface area contributed by atoms with Crippen molar-refractivity contribution < 1.29 is 14.6 Å². The maximum atomic E-state index is 11.9. The first-order valence-corrected chi connectivity index (χ1v) is 7.95. The zero-order chi connectivity index (χ0) is 15.7. The van der Waals surface area contributed by atoms with Crippen LogP contribution in [0.15, 0.2) is 4.99 Å². The molecule has 1 heterocycles. The van der Waals surface area contributed by atoms with Crippen molar-refractivity contribution in [3.63, 3.8) is 0 Å². The minimum Gasteiger partial charge on any atom is -0.461 e. The topological polar surface area (TPSA) is 88.2 Å². The van der Waals surface area contributed by atoms with Crippen molar-refractivity contribution in [2.75, 3.05) is 13.6 Å². The van der Waals surface area contributed by atoms with Crippen molar-refractivity contribution in [1.82, 2.24) is 4.90 Å². The summed E-state index contributed by atoms with van der Waals surface area (Å²) in [4.78, 5) is 17.4. The summed E-state index contributed by atoms with van der Waals surface area (Å²) in [5.74, 6) is -0.130. The summed E-state index contributed by atoms with van der Waals surface area (Å²) in [6, 6.07) is 0. The number of likely N-dealkylation sites (N-methyl/N-ethyl adjacent to an activating group) is 1. The average molecular weight is 299 g/mol. The van der Waals surface area contributed by atoms with Gasteiger partial charge in [0.05, 0.1) is 0 Å². The molecule has 1 aliphatic rings. The Kier molecular flexibility index (Phi) is 8.12. The molecule has 0 amide bonds. The number of aliphatic hydroxyl groups is 1. The minimum absolute atomic E-state index is 0.0141. The van der Waals surface area contributed by atoms with Crippen molar-refractivity contribution in [3.05, 3.63) is 0 Å². The Morgan fingerprint density at radius 3 is 2.57 bits per heavy atom. The van der Waals surface area contributed by atoms with Gasteiger partial charge < -0.3 is 20.5 Å². The van der Waals surface area contributed by atoms with Crippen LogP contribution in [0.25, 0.3) is 0 Å². The van der Waals surface area contributed by atoms with Gasteiger partial charge in [0.15, 0.2) is 5.96 Å². The van der Waals surface area contributed by atoms with Crippen molar-refractivity contribution in [2.24, 2.45) is 10.7 Å². The molecule has 6 nitrogen and oxygen atoms in total. The predicted molar refractivity (Wildman–Crippen MR) is 82.7 cm³/mol. The number of nitrogens with zero attached hydrogens (tertiary/aromatic N) is 2. The fraction of sp³-hybridized carbons (Fsp3) is 0.867. The lowest BCUT2D eigenvalue weighted by Crippen LogP contribution is -2.40. The van der Waals surface area contributed by atoms with Gasteiger partial charge in [0.2, 0.25) is 0 Å². The second kappa shape index (κ2) is 9.60. The van der Waals surface area contributed by atoms with E-state index in [1.54, 1.807) is 7.05 Å². The summed E-state index contributed by atoms with van der Waals surface area (Å²) in [6.45, 7) is 2.08. The van der Waals surface area contributed by atoms with Gasteiger partial charge in [0, 0.05) is 7.05 Å². The largest absolute Gasteiger partial charge is 0.461 e. The van der Waals surface area contributed by atoms with Gasteiger partial charge in [0.25, 0.3) is 0 Å². The van der Waals surface area contributed by atoms with Gasteiger partial charge in [-0.2, -0.15) is 0 Å². The van der Waals surface area contributed by atoms with Crippen molar-refractivity contribution in [3.8, 4) is 0 Å². The molecule has 122 valence electrons. The van der Waals surface area contributed by atoms with Crippen LogP contribution < -0.4 is 5.73 Å². The molecule has 3 N–H and O–H groups in total. The number of ether oxygens (including phenoxy) is 1. The number of hydrogen-bond donors (Lipinski definition) is 2. The average Bonchev–Trinajstić information content (AvgIpc) is 2.44. The molecule has 0 aliphatic carbocycles. The maximum absolute atomic E-state index is 11.9. The summed E-state index contributed by atoms with van der Waals surface area (Å²) >= 11 is 0. The van der Waals surface area contributed by atoms with E-state index in [9.17, 15) is 9.90 Å². The zero-order valence-electron chi connectivity index (χ0n) is 13.3. The highest BCUT2D eigenvalue weighted by molar-refractivity contribution is 5.83. The quantitative estimate of drug-likeness (QED) is 0.718. The van der Waals surface area contributed by atoms with Crippen LogP contribution >= 0.6 is 0 Å². The van der Waals surface area contributed by atoms with Crippen LogP contribution in [-0.2, 0) is 9.53 Å². The number of carbonyl (C=O) groups excluding carboxylic acids is 1. The molecular weight excluding hydrogens is 270 g/mol. The third kappa shape index (κ3) is 7.32. The van der Waals surface area contributed by atoms with E-state index in [0.717, 1.165) is 44.9 Å². The van der Waals surface area contributed by atoms with Gasteiger partial charge in [-0.3, -0.25) is 4.79 Å². The van der Waals surface area contributed by atoms with E-state index >= 15 is 0 Å². The van der Waals surface area contributed by atoms with Crippen LogP contribution in [0.2, 0.25) is 0 Å². The van der Waals surface area contributed by atoms with Crippen LogP contribution in [0.1, 0.15) is 58.3 Å². The van der Waals surface area contributed by atoms with E-state index < -0.39 is 6.23 Å². The van der Waals surface area contributed by atoms with Crippen LogP contribution in [0.5, 0.6) is 0 Å². The molecule has 0 saturated carbocycles. The van der Waals surface area contributed by atoms with Crippen LogP contribution in [0, 0.1) is 0 Å². The molecule has 2 atom stereocenters. The molecular formula is C15H29N3O3. The Hall–Kier alpha value is -1.30. The number of guanidine groups is 1. The van der Waals surface area contributed by atoms with Gasteiger partial charge in [-0.25, -0.2) is 4.99 Å². The van der Waals surface area contributed by atoms with Gasteiger partial charge in [0.1, 0.15) is 18.9 Å². The number of aliphatic imine (C=N–C) groups is 1. The standard InChI is InChI=1S/C15H29N3O3/c1-3-12-9-7-5-4-6-8-10-13(19)17-15(16)18(2)11-14(20)21-12/h12-13,19H,3-11H2,1-2H3,(H2,16,17). The van der Waals surface area contributed by atoms with E-state index in [4.69, 9.17) is 10.5 Å². The van der Waals surface area contributed by atoms with Crippen LogP contribution in [0.4, 0.5) is 0 Å². The van der Waals surface area contributed by atoms with Crippen molar-refractivity contribution in [1.29, 1.82) is 0 Å². The van der Waals surface area contributed by atoms with Crippen LogP contribution in [0.3, 0.4) is 0 Å². The van der Waals surface area contributed by atoms with E-state index in [1.165, 1.54) is 4.90 Å². The summed E-state index contributed by atoms with van der Waals surface area (Å²) in [5, 5.41) is 9.80. The third-order valence-corrected chi connectivity index (χ3v) is 3.78. The smallest absolute Gasteiger partial charge is 0.325 e. The molecule has 0 bridgehead atoms. The molecule has 21 heavy (non-hydrogen) atoms. The SMILES string of the molecule is CCC1CCCCCCCC(O)N=C(N)N(C)CC(=O)O1. The minimum atomic E-state index is -0.794. The lowest BCUT2D eigenvalue weighted by molar-refractivity contribution is -0.149. The molecule has 0 saturated heterocycles. The molecule has 0 spiro atoms. The predicted octanol–water partition coefficient (Wildman–Crippen LogP) is 1.62. The molecule has 2 unspecified atom stereocenters. The summed E-state index contributed by atoms with van der Waals surface area (Å²) in [6.07, 6.45) is 6.91. The monoisotopic (exact) mass is 299 g/mol.